The number of hydrogen-bond donors (Lipinski definition) is 0. The summed E-state index contributed by atoms with van der Waals surface area (Å²) in [6, 6.07) is 20.6. The predicted molar refractivity (Wildman–Crippen MR) is 207 cm³/mol. The average molecular weight is 702 g/mol. The number of fused-ring (bicyclic) bond motifs is 3. The number of aldehydes is 1. The van der Waals surface area contributed by atoms with Crippen LogP contribution in [0.4, 0.5) is 5.69 Å². The topological polar surface area (TPSA) is 89.9 Å². The van der Waals surface area contributed by atoms with Gasteiger partial charge < -0.3 is 24.0 Å². The Hall–Kier alpha value is -4.86. The van der Waals surface area contributed by atoms with Gasteiger partial charge in [0.05, 0.1) is 50.0 Å². The molecule has 5 heterocycles. The van der Waals surface area contributed by atoms with Crippen LogP contribution >= 0.6 is 0 Å². The van der Waals surface area contributed by atoms with Gasteiger partial charge in [0.2, 0.25) is 0 Å². The molecule has 1 atom stereocenters. The van der Waals surface area contributed by atoms with E-state index < -0.39 is 0 Å². The molecule has 3 aromatic heterocycles. The van der Waals surface area contributed by atoms with Gasteiger partial charge in [-0.2, -0.15) is 0 Å². The van der Waals surface area contributed by atoms with Crippen molar-refractivity contribution in [3.8, 4) is 11.5 Å². The monoisotopic (exact) mass is 701 g/mol. The molecular weight excluding hydrogens is 651 g/mol. The number of pyridine rings is 3. The largest absolute Gasteiger partial charge is 0.497 e. The molecule has 52 heavy (non-hydrogen) atoms. The molecule has 0 N–H and O–H groups in total. The molecule has 7 rings (SSSR count). The lowest BCUT2D eigenvalue weighted by Crippen LogP contribution is -2.18. The maximum atomic E-state index is 10.1. The van der Waals surface area contributed by atoms with Crippen LogP contribution in [0.1, 0.15) is 74.6 Å². The van der Waals surface area contributed by atoms with Gasteiger partial charge in [0.15, 0.2) is 6.29 Å². The fraction of sp³-hybridized carbons (Fsp3) is 0.395. The lowest BCUT2D eigenvalue weighted by molar-refractivity contribution is 0.112. The van der Waals surface area contributed by atoms with E-state index in [0.29, 0.717) is 25.2 Å². The van der Waals surface area contributed by atoms with Gasteiger partial charge in [-0.3, -0.25) is 19.7 Å². The minimum absolute atomic E-state index is 0.594. The fourth-order valence-electron chi connectivity index (χ4n) is 7.38. The molecule has 1 fully saturated rings. The Labute approximate surface area is 308 Å². The van der Waals surface area contributed by atoms with Crippen molar-refractivity contribution >= 4 is 22.9 Å². The Kier molecular flexibility index (Phi) is 12.1. The van der Waals surface area contributed by atoms with E-state index in [1.165, 1.54) is 65.8 Å². The third-order valence-electron chi connectivity index (χ3n) is 10.3. The summed E-state index contributed by atoms with van der Waals surface area (Å²) in [5.74, 6) is 2.44. The first kappa shape index (κ1) is 36.9. The Morgan fingerprint density at radius 2 is 1.83 bits per heavy atom. The molecular formula is C43H51N5O4. The maximum absolute atomic E-state index is 10.1. The molecule has 0 saturated carbocycles. The van der Waals surface area contributed by atoms with Crippen LogP contribution in [0.3, 0.4) is 0 Å². The summed E-state index contributed by atoms with van der Waals surface area (Å²) in [6.45, 7) is 8.50. The first-order valence-electron chi connectivity index (χ1n) is 18.2. The van der Waals surface area contributed by atoms with E-state index in [1.807, 2.05) is 25.1 Å². The quantitative estimate of drug-likeness (QED) is 0.122. The summed E-state index contributed by atoms with van der Waals surface area (Å²) >= 11 is 0. The van der Waals surface area contributed by atoms with Crippen LogP contribution in [0.5, 0.6) is 11.5 Å². The third kappa shape index (κ3) is 8.95. The van der Waals surface area contributed by atoms with Crippen LogP contribution in [0.15, 0.2) is 66.9 Å². The van der Waals surface area contributed by atoms with Gasteiger partial charge in [0.1, 0.15) is 11.5 Å². The van der Waals surface area contributed by atoms with Crippen LogP contribution in [0.25, 0.3) is 10.9 Å². The lowest BCUT2D eigenvalue weighted by atomic mass is 9.97. The number of methoxy groups -OCH3 is 2. The first-order chi connectivity index (χ1) is 25.2. The molecule has 9 heteroatoms. The Morgan fingerprint density at radius 3 is 2.54 bits per heavy atom. The second kappa shape index (κ2) is 17.1. The number of aromatic nitrogens is 3. The number of benzene rings is 2. The molecule has 0 bridgehead atoms. The normalized spacial score (nSPS) is 15.2. The summed E-state index contributed by atoms with van der Waals surface area (Å²) in [5.41, 5.74) is 11.8. The third-order valence-corrected chi connectivity index (χ3v) is 10.3. The smallest absolute Gasteiger partial charge is 0.151 e. The Morgan fingerprint density at radius 1 is 0.981 bits per heavy atom. The molecule has 2 aliphatic heterocycles. The van der Waals surface area contributed by atoms with Gasteiger partial charge in [-0.1, -0.05) is 18.2 Å². The lowest BCUT2D eigenvalue weighted by Gasteiger charge is -2.22. The average Bonchev–Trinajstić information content (AvgIpc) is 3.82. The highest BCUT2D eigenvalue weighted by molar-refractivity contribution is 5.85. The predicted octanol–water partition coefficient (Wildman–Crippen LogP) is 7.69. The van der Waals surface area contributed by atoms with E-state index in [0.717, 1.165) is 64.8 Å². The molecule has 2 aromatic carbocycles. The van der Waals surface area contributed by atoms with Gasteiger partial charge in [0, 0.05) is 72.3 Å². The highest BCUT2D eigenvalue weighted by Crippen LogP contribution is 2.34. The molecule has 0 amide bonds. The molecule has 0 spiro atoms. The second-order valence-electron chi connectivity index (χ2n) is 14.1. The van der Waals surface area contributed by atoms with Crippen molar-refractivity contribution in [2.24, 2.45) is 5.92 Å². The first-order valence-corrected chi connectivity index (χ1v) is 18.2. The molecule has 1 saturated heterocycles. The van der Waals surface area contributed by atoms with Crippen molar-refractivity contribution in [2.45, 2.75) is 65.7 Å². The van der Waals surface area contributed by atoms with E-state index >= 15 is 0 Å². The van der Waals surface area contributed by atoms with E-state index in [9.17, 15) is 4.79 Å². The second-order valence-corrected chi connectivity index (χ2v) is 14.1. The molecule has 5 aromatic rings. The van der Waals surface area contributed by atoms with E-state index in [-0.39, 0.29) is 0 Å². The highest BCUT2D eigenvalue weighted by atomic mass is 16.5. The van der Waals surface area contributed by atoms with E-state index in [2.05, 4.69) is 72.2 Å². The standard InChI is InChI=1S/C36H44N4O3.C7H7NO/c1-24-35(14-11-28(37-24)8-6-7-25-15-16-39(2)20-25)40(3)21-26-9-13-30-31-22-43-23-32(31)34(38-33(30)17-26)18-27-10-12-29(41-4)19-36(27)42-5;1-6-2-3-7(5-9)4-8-6/h9-14,17,19,25H,6-8,15-16,18,20-23H2,1-5H3;2-5H,1H3. The summed E-state index contributed by atoms with van der Waals surface area (Å²) in [5, 5.41) is 1.18. The SMILES string of the molecule is COc1ccc(Cc2nc3cc(CN(C)c4ccc(CCCC5CCN(C)C5)nc4C)ccc3c3c2COC3)c(OC)c1.Cc1ccc(C=O)cn1. The number of hydrogen-bond acceptors (Lipinski definition) is 9. The zero-order chi connectivity index (χ0) is 36.6. The van der Waals surface area contributed by atoms with Crippen LogP contribution in [0.2, 0.25) is 0 Å². The van der Waals surface area contributed by atoms with Crippen LogP contribution in [0, 0.1) is 19.8 Å². The van der Waals surface area contributed by atoms with Crippen molar-refractivity contribution in [1.82, 2.24) is 19.9 Å². The van der Waals surface area contributed by atoms with Crippen molar-refractivity contribution in [1.29, 1.82) is 0 Å². The van der Waals surface area contributed by atoms with Crippen LogP contribution in [-0.4, -0.2) is 67.5 Å². The molecule has 272 valence electrons. The van der Waals surface area contributed by atoms with E-state index in [4.69, 9.17) is 24.2 Å². The maximum Gasteiger partial charge on any atom is 0.151 e. The van der Waals surface area contributed by atoms with Crippen molar-refractivity contribution in [3.05, 3.63) is 117 Å². The fourth-order valence-corrected chi connectivity index (χ4v) is 7.38. The molecule has 2 aliphatic rings. The summed E-state index contributed by atoms with van der Waals surface area (Å²) in [4.78, 5) is 28.9. The number of nitrogens with zero attached hydrogens (tertiary/aromatic N) is 5. The minimum atomic E-state index is 0.594. The summed E-state index contributed by atoms with van der Waals surface area (Å²) in [7, 11) is 7.75. The molecule has 0 radical (unpaired) electrons. The number of carbonyl (C=O) groups is 1. The number of carbonyl (C=O) groups excluding carboxylic acids is 1. The van der Waals surface area contributed by atoms with Crippen LogP contribution in [-0.2, 0) is 37.3 Å². The molecule has 0 aliphatic carbocycles. The van der Waals surface area contributed by atoms with Gasteiger partial charge in [-0.05, 0) is 107 Å². The zero-order valence-electron chi connectivity index (χ0n) is 31.4. The molecule has 9 nitrogen and oxygen atoms in total. The van der Waals surface area contributed by atoms with Gasteiger partial charge in [-0.15, -0.1) is 0 Å². The number of rotatable bonds is 12. The van der Waals surface area contributed by atoms with Crippen molar-refractivity contribution in [2.75, 3.05) is 46.3 Å². The van der Waals surface area contributed by atoms with Crippen molar-refractivity contribution in [3.63, 3.8) is 0 Å². The summed E-state index contributed by atoms with van der Waals surface area (Å²) in [6.07, 6.45) is 7.92. The van der Waals surface area contributed by atoms with Gasteiger partial charge in [0.25, 0.3) is 0 Å². The number of aryl methyl sites for hydroxylation is 3. The summed E-state index contributed by atoms with van der Waals surface area (Å²) < 4.78 is 17.0. The molecule has 1 unspecified atom stereocenters. The highest BCUT2D eigenvalue weighted by Gasteiger charge is 2.22. The Bertz CT molecular complexity index is 2000. The van der Waals surface area contributed by atoms with Gasteiger partial charge >= 0.3 is 0 Å². The van der Waals surface area contributed by atoms with Gasteiger partial charge in [-0.25, -0.2) is 0 Å². The van der Waals surface area contributed by atoms with E-state index in [1.54, 1.807) is 26.5 Å². The van der Waals surface area contributed by atoms with Crippen LogP contribution < -0.4 is 14.4 Å². The number of ether oxygens (including phenoxy) is 3. The number of anilines is 1. The van der Waals surface area contributed by atoms with Crippen molar-refractivity contribution < 1.29 is 19.0 Å². The Balaban J connectivity index is 0.000000451. The number of likely N-dealkylation sites (tertiary alicyclic amines) is 1. The minimum Gasteiger partial charge on any atom is -0.497 e. The zero-order valence-corrected chi connectivity index (χ0v) is 31.4.